The van der Waals surface area contributed by atoms with Crippen molar-refractivity contribution in [2.75, 3.05) is 19.0 Å². The second-order valence-electron chi connectivity index (χ2n) is 2.55. The quantitative estimate of drug-likeness (QED) is 0.783. The van der Waals surface area contributed by atoms with Gasteiger partial charge in [0.15, 0.2) is 0 Å². The lowest BCUT2D eigenvalue weighted by atomic mass is 10.5. The van der Waals surface area contributed by atoms with Crippen molar-refractivity contribution in [1.29, 1.82) is 0 Å². The predicted octanol–water partition coefficient (Wildman–Crippen LogP) is 1.30. The van der Waals surface area contributed by atoms with Crippen LogP contribution in [-0.2, 0) is 11.3 Å². The summed E-state index contributed by atoms with van der Waals surface area (Å²) in [5.41, 5.74) is 0.532. The first-order valence-electron chi connectivity index (χ1n) is 4.07. The summed E-state index contributed by atoms with van der Waals surface area (Å²) in [6, 6.07) is 0. The molecule has 0 aromatic carbocycles. The molecule has 1 rings (SSSR count). The molecule has 1 N–H and O–H groups in total. The Labute approximate surface area is 80.3 Å². The Balaban J connectivity index is 2.36. The van der Waals surface area contributed by atoms with Crippen LogP contribution in [0.1, 0.15) is 5.69 Å². The molecule has 0 aliphatic carbocycles. The minimum absolute atomic E-state index is 0.0569. The van der Waals surface area contributed by atoms with E-state index in [4.69, 9.17) is 0 Å². The summed E-state index contributed by atoms with van der Waals surface area (Å²) in [5, 5.41) is 2.79. The molecule has 4 nitrogen and oxygen atoms in total. The molecule has 0 spiro atoms. The molecule has 1 aromatic heterocycles. The van der Waals surface area contributed by atoms with Gasteiger partial charge in [-0.25, -0.2) is 13.8 Å². The van der Waals surface area contributed by atoms with E-state index < -0.39 is 13.0 Å². The Bertz CT molecular complexity index is 266. The van der Waals surface area contributed by atoms with Gasteiger partial charge in [0, 0.05) is 7.05 Å². The molecule has 0 saturated heterocycles. The van der Waals surface area contributed by atoms with Gasteiger partial charge >= 0.3 is 0 Å². The van der Waals surface area contributed by atoms with Crippen LogP contribution in [0, 0.1) is 0 Å². The summed E-state index contributed by atoms with van der Waals surface area (Å²) in [6.45, 7) is -0.517. The molecule has 0 amide bonds. The third-order valence-electron chi connectivity index (χ3n) is 1.46. The molecule has 0 bridgehead atoms. The lowest BCUT2D eigenvalue weighted by Crippen LogP contribution is -2.05. The highest BCUT2D eigenvalue weighted by molar-refractivity contribution is 5.29. The number of anilines is 1. The monoisotopic (exact) mass is 203 g/mol. The molecule has 78 valence electrons. The van der Waals surface area contributed by atoms with Gasteiger partial charge in [-0.15, -0.1) is 0 Å². The van der Waals surface area contributed by atoms with Crippen molar-refractivity contribution in [2.24, 2.45) is 0 Å². The molecular weight excluding hydrogens is 192 g/mol. The zero-order valence-electron chi connectivity index (χ0n) is 7.70. The third kappa shape index (κ3) is 3.61. The standard InChI is InChI=1S/C8H11F2N3O/c1-11-8-3-12-6(2-13-8)4-14-5-7(9)10/h2-3,7H,4-5H2,1H3,(H,11,13). The van der Waals surface area contributed by atoms with Gasteiger partial charge in [-0.1, -0.05) is 0 Å². The van der Waals surface area contributed by atoms with E-state index in [1.807, 2.05) is 0 Å². The van der Waals surface area contributed by atoms with Gasteiger partial charge < -0.3 is 10.1 Å². The summed E-state index contributed by atoms with van der Waals surface area (Å²) in [5.74, 6) is 0.627. The number of halogens is 2. The first-order valence-corrected chi connectivity index (χ1v) is 4.07. The number of alkyl halides is 2. The molecule has 0 fully saturated rings. The second-order valence-corrected chi connectivity index (χ2v) is 2.55. The van der Waals surface area contributed by atoms with Crippen LogP contribution < -0.4 is 5.32 Å². The van der Waals surface area contributed by atoms with Crippen LogP contribution in [0.15, 0.2) is 12.4 Å². The molecule has 0 saturated carbocycles. The Morgan fingerprint density at radius 1 is 1.43 bits per heavy atom. The van der Waals surface area contributed by atoms with Crippen molar-refractivity contribution >= 4 is 5.82 Å². The zero-order chi connectivity index (χ0) is 10.4. The largest absolute Gasteiger partial charge is 0.372 e. The van der Waals surface area contributed by atoms with Gasteiger partial charge in [-0.3, -0.25) is 4.98 Å². The Hall–Kier alpha value is -1.30. The minimum atomic E-state index is -2.44. The number of nitrogens with one attached hydrogen (secondary N) is 1. The van der Waals surface area contributed by atoms with E-state index in [0.717, 1.165) is 0 Å². The summed E-state index contributed by atoms with van der Waals surface area (Å²) in [7, 11) is 1.72. The number of rotatable bonds is 5. The molecule has 0 atom stereocenters. The summed E-state index contributed by atoms with van der Waals surface area (Å²) < 4.78 is 28.1. The first-order chi connectivity index (χ1) is 6.72. The van der Waals surface area contributed by atoms with Crippen LogP contribution in [0.4, 0.5) is 14.6 Å². The highest BCUT2D eigenvalue weighted by Gasteiger charge is 2.02. The molecule has 14 heavy (non-hydrogen) atoms. The fourth-order valence-electron chi connectivity index (χ4n) is 0.811. The van der Waals surface area contributed by atoms with Gasteiger partial charge in [0.25, 0.3) is 6.43 Å². The highest BCUT2D eigenvalue weighted by atomic mass is 19.3. The number of hydrogen-bond donors (Lipinski definition) is 1. The molecule has 1 aromatic rings. The van der Waals surface area contributed by atoms with E-state index >= 15 is 0 Å². The average molecular weight is 203 g/mol. The summed E-state index contributed by atoms with van der Waals surface area (Å²) in [6.07, 6.45) is 0.554. The van der Waals surface area contributed by atoms with Crippen LogP contribution in [-0.4, -0.2) is 30.0 Å². The average Bonchev–Trinajstić information content (AvgIpc) is 2.18. The van der Waals surface area contributed by atoms with Crippen molar-refractivity contribution in [2.45, 2.75) is 13.0 Å². The second kappa shape index (κ2) is 5.43. The van der Waals surface area contributed by atoms with E-state index in [0.29, 0.717) is 11.5 Å². The topological polar surface area (TPSA) is 47.0 Å². The molecule has 0 unspecified atom stereocenters. The van der Waals surface area contributed by atoms with E-state index in [1.54, 1.807) is 7.05 Å². The fourth-order valence-corrected chi connectivity index (χ4v) is 0.811. The maximum Gasteiger partial charge on any atom is 0.261 e. The van der Waals surface area contributed by atoms with Crippen LogP contribution in [0.2, 0.25) is 0 Å². The Kier molecular flexibility index (Phi) is 4.18. The number of aromatic nitrogens is 2. The predicted molar refractivity (Wildman–Crippen MR) is 47.2 cm³/mol. The van der Waals surface area contributed by atoms with Crippen molar-refractivity contribution in [3.05, 3.63) is 18.1 Å². The van der Waals surface area contributed by atoms with Gasteiger partial charge in [0.2, 0.25) is 0 Å². The first kappa shape index (κ1) is 10.8. The van der Waals surface area contributed by atoms with Crippen molar-refractivity contribution in [3.63, 3.8) is 0 Å². The molecule has 0 aliphatic heterocycles. The molecule has 1 heterocycles. The lowest BCUT2D eigenvalue weighted by Gasteiger charge is -2.03. The van der Waals surface area contributed by atoms with Crippen molar-refractivity contribution in [1.82, 2.24) is 9.97 Å². The third-order valence-corrected chi connectivity index (χ3v) is 1.46. The summed E-state index contributed by atoms with van der Waals surface area (Å²) >= 11 is 0. The zero-order valence-corrected chi connectivity index (χ0v) is 7.70. The highest BCUT2D eigenvalue weighted by Crippen LogP contribution is 2.02. The maximum atomic E-state index is 11.7. The van der Waals surface area contributed by atoms with Crippen LogP contribution in [0.3, 0.4) is 0 Å². The van der Waals surface area contributed by atoms with Gasteiger partial charge in [-0.2, -0.15) is 0 Å². The van der Waals surface area contributed by atoms with Crippen LogP contribution >= 0.6 is 0 Å². The van der Waals surface area contributed by atoms with Gasteiger partial charge in [0.1, 0.15) is 12.4 Å². The SMILES string of the molecule is CNc1cnc(COCC(F)F)cn1. The van der Waals surface area contributed by atoms with Crippen LogP contribution in [0.25, 0.3) is 0 Å². The number of ether oxygens (including phenoxy) is 1. The van der Waals surface area contributed by atoms with E-state index in [2.05, 4.69) is 20.0 Å². The van der Waals surface area contributed by atoms with Crippen molar-refractivity contribution < 1.29 is 13.5 Å². The molecular formula is C8H11F2N3O. The molecule has 0 radical (unpaired) electrons. The smallest absolute Gasteiger partial charge is 0.261 e. The Morgan fingerprint density at radius 2 is 2.21 bits per heavy atom. The summed E-state index contributed by atoms with van der Waals surface area (Å²) in [4.78, 5) is 7.91. The normalized spacial score (nSPS) is 10.6. The van der Waals surface area contributed by atoms with E-state index in [9.17, 15) is 8.78 Å². The Morgan fingerprint density at radius 3 is 2.71 bits per heavy atom. The lowest BCUT2D eigenvalue weighted by molar-refractivity contribution is 0.00875. The van der Waals surface area contributed by atoms with E-state index in [1.165, 1.54) is 12.4 Å². The minimum Gasteiger partial charge on any atom is -0.372 e. The van der Waals surface area contributed by atoms with Crippen molar-refractivity contribution in [3.8, 4) is 0 Å². The number of nitrogens with zero attached hydrogens (tertiary/aromatic N) is 2. The molecule has 0 aliphatic rings. The molecule has 6 heteroatoms. The van der Waals surface area contributed by atoms with Gasteiger partial charge in [-0.05, 0) is 0 Å². The van der Waals surface area contributed by atoms with E-state index in [-0.39, 0.29) is 6.61 Å². The van der Waals surface area contributed by atoms with Crippen LogP contribution in [0.5, 0.6) is 0 Å². The van der Waals surface area contributed by atoms with Gasteiger partial charge in [0.05, 0.1) is 24.7 Å². The number of hydrogen-bond acceptors (Lipinski definition) is 4. The fraction of sp³-hybridized carbons (Fsp3) is 0.500. The maximum absolute atomic E-state index is 11.7.